The Morgan fingerprint density at radius 3 is 2.15 bits per heavy atom. The molecule has 20 heavy (non-hydrogen) atoms. The largest absolute Gasteiger partial charge is 0.466 e. The molecule has 0 unspecified atom stereocenters. The Morgan fingerprint density at radius 2 is 1.55 bits per heavy atom. The lowest BCUT2D eigenvalue weighted by Gasteiger charge is -1.95. The van der Waals surface area contributed by atoms with E-state index in [1.165, 1.54) is 13.2 Å². The second-order valence-electron chi connectivity index (χ2n) is 3.98. The highest BCUT2D eigenvalue weighted by Crippen LogP contribution is 2.18. The summed E-state index contributed by atoms with van der Waals surface area (Å²) in [5.74, 6) is -0.377. The molecule has 0 atom stereocenters. The number of rotatable bonds is 4. The topological polar surface area (TPSA) is 51.0 Å². The number of esters is 1. The molecule has 0 amide bonds. The summed E-state index contributed by atoms with van der Waals surface area (Å²) in [4.78, 5) is 11.0. The monoisotopic (exact) mass is 266 g/mol. The predicted molar refractivity (Wildman–Crippen MR) is 78.1 cm³/mol. The molecule has 0 aromatic heterocycles. The van der Waals surface area contributed by atoms with Crippen LogP contribution < -0.4 is 0 Å². The van der Waals surface area contributed by atoms with E-state index in [1.807, 2.05) is 54.6 Å². The minimum Gasteiger partial charge on any atom is -0.466 e. The maximum Gasteiger partial charge on any atom is 0.330 e. The fourth-order valence-electron chi connectivity index (χ4n) is 1.49. The Morgan fingerprint density at radius 1 is 0.950 bits per heavy atom. The van der Waals surface area contributed by atoms with Crippen molar-refractivity contribution in [2.75, 3.05) is 7.11 Å². The van der Waals surface area contributed by atoms with E-state index < -0.39 is 0 Å². The van der Waals surface area contributed by atoms with Gasteiger partial charge in [0, 0.05) is 6.08 Å². The van der Waals surface area contributed by atoms with E-state index in [9.17, 15) is 4.79 Å². The first-order valence-corrected chi connectivity index (χ1v) is 6.11. The van der Waals surface area contributed by atoms with E-state index in [0.717, 1.165) is 16.9 Å². The maximum atomic E-state index is 11.0. The zero-order chi connectivity index (χ0) is 14.2. The van der Waals surface area contributed by atoms with Gasteiger partial charge in [-0.15, -0.1) is 0 Å². The molecule has 0 spiro atoms. The van der Waals surface area contributed by atoms with E-state index in [2.05, 4.69) is 15.0 Å². The van der Waals surface area contributed by atoms with Gasteiger partial charge >= 0.3 is 5.97 Å². The molecule has 0 radical (unpaired) electrons. The van der Waals surface area contributed by atoms with Gasteiger partial charge in [0.25, 0.3) is 0 Å². The molecule has 0 aliphatic heterocycles. The lowest BCUT2D eigenvalue weighted by molar-refractivity contribution is -0.134. The standard InChI is InChI=1S/C16H14N2O2/c1-20-16(19)12-9-13-7-10-15(11-8-13)18-17-14-5-3-2-4-6-14/h2-12H,1H3/b12-9+,18-17?. The van der Waals surface area contributed by atoms with E-state index in [-0.39, 0.29) is 5.97 Å². The van der Waals surface area contributed by atoms with Crippen LogP contribution >= 0.6 is 0 Å². The van der Waals surface area contributed by atoms with Crippen LogP contribution in [0.4, 0.5) is 11.4 Å². The third-order valence-corrected chi connectivity index (χ3v) is 2.54. The fraction of sp³-hybridized carbons (Fsp3) is 0.0625. The lowest BCUT2D eigenvalue weighted by Crippen LogP contribution is -1.92. The number of azo groups is 1. The van der Waals surface area contributed by atoms with Gasteiger partial charge in [0.15, 0.2) is 0 Å². The van der Waals surface area contributed by atoms with E-state index in [0.29, 0.717) is 0 Å². The van der Waals surface area contributed by atoms with Crippen LogP contribution in [0, 0.1) is 0 Å². The minimum atomic E-state index is -0.377. The SMILES string of the molecule is COC(=O)/C=C/c1ccc(N=Nc2ccccc2)cc1. The Labute approximate surface area is 117 Å². The van der Waals surface area contributed by atoms with Gasteiger partial charge in [-0.3, -0.25) is 0 Å². The highest BCUT2D eigenvalue weighted by atomic mass is 16.5. The number of ether oxygens (including phenoxy) is 1. The highest BCUT2D eigenvalue weighted by molar-refractivity contribution is 5.86. The molecule has 0 saturated heterocycles. The van der Waals surface area contributed by atoms with Crippen LogP contribution in [0.1, 0.15) is 5.56 Å². The zero-order valence-corrected chi connectivity index (χ0v) is 11.1. The van der Waals surface area contributed by atoms with Gasteiger partial charge < -0.3 is 4.74 Å². The number of hydrogen-bond acceptors (Lipinski definition) is 4. The zero-order valence-electron chi connectivity index (χ0n) is 11.1. The second kappa shape index (κ2) is 6.99. The van der Waals surface area contributed by atoms with E-state index in [4.69, 9.17) is 0 Å². The van der Waals surface area contributed by atoms with Crippen molar-refractivity contribution in [2.24, 2.45) is 10.2 Å². The molecule has 0 bridgehead atoms. The summed E-state index contributed by atoms with van der Waals surface area (Å²) in [6.07, 6.45) is 3.06. The molecule has 2 aromatic carbocycles. The van der Waals surface area contributed by atoms with Crippen molar-refractivity contribution in [3.8, 4) is 0 Å². The van der Waals surface area contributed by atoms with Crippen molar-refractivity contribution >= 4 is 23.4 Å². The molecule has 0 aliphatic carbocycles. The molecule has 0 fully saturated rings. The van der Waals surface area contributed by atoms with Crippen LogP contribution in [-0.4, -0.2) is 13.1 Å². The van der Waals surface area contributed by atoms with Crippen molar-refractivity contribution in [3.63, 3.8) is 0 Å². The van der Waals surface area contributed by atoms with E-state index in [1.54, 1.807) is 6.08 Å². The van der Waals surface area contributed by atoms with Crippen LogP contribution in [0.5, 0.6) is 0 Å². The molecule has 0 N–H and O–H groups in total. The summed E-state index contributed by atoms with van der Waals surface area (Å²) in [6, 6.07) is 16.9. The van der Waals surface area contributed by atoms with Crippen LogP contribution in [-0.2, 0) is 9.53 Å². The van der Waals surface area contributed by atoms with Crippen LogP contribution in [0.3, 0.4) is 0 Å². The molecule has 2 aromatic rings. The quantitative estimate of drug-likeness (QED) is 0.471. The summed E-state index contributed by atoms with van der Waals surface area (Å²) in [6.45, 7) is 0. The third-order valence-electron chi connectivity index (χ3n) is 2.54. The first-order chi connectivity index (χ1) is 9.78. The normalized spacial score (nSPS) is 11.1. The fourth-order valence-corrected chi connectivity index (χ4v) is 1.49. The molecular weight excluding hydrogens is 252 g/mol. The molecule has 2 rings (SSSR count). The summed E-state index contributed by atoms with van der Waals surface area (Å²) in [5.41, 5.74) is 2.46. The summed E-state index contributed by atoms with van der Waals surface area (Å²) in [7, 11) is 1.35. The Kier molecular flexibility index (Phi) is 4.78. The molecule has 4 nitrogen and oxygen atoms in total. The number of carbonyl (C=O) groups excluding carboxylic acids is 1. The second-order valence-corrected chi connectivity index (χ2v) is 3.98. The van der Waals surface area contributed by atoms with Gasteiger partial charge in [0.1, 0.15) is 0 Å². The molecule has 100 valence electrons. The Bertz CT molecular complexity index is 617. The third kappa shape index (κ3) is 4.17. The lowest BCUT2D eigenvalue weighted by atomic mass is 10.2. The van der Waals surface area contributed by atoms with Crippen LogP contribution in [0.2, 0.25) is 0 Å². The van der Waals surface area contributed by atoms with Crippen LogP contribution in [0.15, 0.2) is 70.9 Å². The Hall–Kier alpha value is -2.75. The van der Waals surface area contributed by atoms with Gasteiger partial charge in [-0.1, -0.05) is 30.3 Å². The van der Waals surface area contributed by atoms with Crippen LogP contribution in [0.25, 0.3) is 6.08 Å². The van der Waals surface area contributed by atoms with Gasteiger partial charge in [0.05, 0.1) is 18.5 Å². The molecule has 4 heteroatoms. The average molecular weight is 266 g/mol. The number of benzene rings is 2. The minimum absolute atomic E-state index is 0.377. The number of carbonyl (C=O) groups is 1. The van der Waals surface area contributed by atoms with E-state index >= 15 is 0 Å². The van der Waals surface area contributed by atoms with Crippen molar-refractivity contribution in [1.29, 1.82) is 0 Å². The van der Waals surface area contributed by atoms with Crippen molar-refractivity contribution in [1.82, 2.24) is 0 Å². The summed E-state index contributed by atoms with van der Waals surface area (Å²) < 4.78 is 4.52. The molecule has 0 saturated carbocycles. The predicted octanol–water partition coefficient (Wildman–Crippen LogP) is 4.29. The highest BCUT2D eigenvalue weighted by Gasteiger charge is 1.93. The number of nitrogens with zero attached hydrogens (tertiary/aromatic N) is 2. The molecule has 0 heterocycles. The van der Waals surface area contributed by atoms with Gasteiger partial charge in [-0.05, 0) is 35.9 Å². The van der Waals surface area contributed by atoms with Gasteiger partial charge in [-0.25, -0.2) is 4.79 Å². The van der Waals surface area contributed by atoms with Crippen molar-refractivity contribution in [3.05, 3.63) is 66.2 Å². The smallest absolute Gasteiger partial charge is 0.330 e. The van der Waals surface area contributed by atoms with Gasteiger partial charge in [-0.2, -0.15) is 10.2 Å². The maximum absolute atomic E-state index is 11.0. The van der Waals surface area contributed by atoms with Gasteiger partial charge in [0.2, 0.25) is 0 Å². The number of methoxy groups -OCH3 is 1. The Balaban J connectivity index is 2.03. The summed E-state index contributed by atoms with van der Waals surface area (Å²) in [5, 5.41) is 8.26. The van der Waals surface area contributed by atoms with Crippen molar-refractivity contribution < 1.29 is 9.53 Å². The molecule has 0 aliphatic rings. The first kappa shape index (κ1) is 13.7. The summed E-state index contributed by atoms with van der Waals surface area (Å²) >= 11 is 0. The van der Waals surface area contributed by atoms with Crippen molar-refractivity contribution in [2.45, 2.75) is 0 Å². The molecular formula is C16H14N2O2. The number of hydrogen-bond donors (Lipinski definition) is 0. The average Bonchev–Trinajstić information content (AvgIpc) is 2.52. The first-order valence-electron chi connectivity index (χ1n) is 6.11.